The third kappa shape index (κ3) is 12.9. The maximum atomic E-state index is 3.92. The van der Waals surface area contributed by atoms with E-state index >= 15 is 0 Å². The zero-order chi connectivity index (χ0) is 35.5. The molecular formula is C49H46NP2Ru+. The van der Waals surface area contributed by atoms with Crippen LogP contribution < -0.4 is 31.8 Å². The van der Waals surface area contributed by atoms with Crippen LogP contribution in [0, 0.1) is 0 Å². The van der Waals surface area contributed by atoms with Gasteiger partial charge in [-0.1, -0.05) is 256 Å². The number of benzene rings is 7. The topological polar surface area (TPSA) is 12.4 Å². The molecule has 0 saturated heterocycles. The van der Waals surface area contributed by atoms with Gasteiger partial charge in [0.25, 0.3) is 0 Å². The van der Waals surface area contributed by atoms with E-state index in [1.165, 1.54) is 69.5 Å². The Balaban J connectivity index is 0.000000149. The molecule has 53 heavy (non-hydrogen) atoms. The standard InChI is InChI=1S/2C18H15P.C8H6N.C5H10.Ru/c2*1-4-10-16(11-5-1)19(17-12-6-2-7-13-17)18-14-8-3-9-15-18;1-2-4-7(5-3-1)8-6-9-8;1-2-4-5-3-1;/h2*1-15H;1-5,8H;1-5H2;/q;;-1;;+2. The van der Waals surface area contributed by atoms with E-state index in [9.17, 15) is 0 Å². The van der Waals surface area contributed by atoms with Crippen LogP contribution in [0.4, 0.5) is 0 Å². The zero-order valence-electron chi connectivity index (χ0n) is 30.0. The minimum atomic E-state index is -0.446. The number of aliphatic imine (C=N–C) groups is 1. The molecule has 1 aliphatic carbocycles. The maximum Gasteiger partial charge on any atom is 2.00 e. The molecule has 1 unspecified atom stereocenters. The quantitative estimate of drug-likeness (QED) is 0.0864. The Bertz CT molecular complexity index is 1670. The van der Waals surface area contributed by atoms with Crippen molar-refractivity contribution in [2.45, 2.75) is 38.1 Å². The van der Waals surface area contributed by atoms with Crippen molar-refractivity contribution in [2.75, 3.05) is 0 Å². The number of hydrogen-bond acceptors (Lipinski definition) is 1. The molecule has 1 saturated carbocycles. The van der Waals surface area contributed by atoms with Gasteiger partial charge in [-0.3, -0.25) is 0 Å². The number of rotatable bonds is 7. The Morgan fingerprint density at radius 3 is 0.698 bits per heavy atom. The molecule has 1 aliphatic heterocycles. The third-order valence-corrected chi connectivity index (χ3v) is 13.6. The van der Waals surface area contributed by atoms with Crippen LogP contribution in [0.15, 0.2) is 217 Å². The smallest absolute Gasteiger partial charge is 0.521 e. The third-order valence-electron chi connectivity index (χ3n) is 8.71. The summed E-state index contributed by atoms with van der Waals surface area (Å²) in [6, 6.07) is 75.1. The van der Waals surface area contributed by atoms with E-state index in [-0.39, 0.29) is 25.5 Å². The number of nitrogens with zero attached hydrogens (tertiary/aromatic N) is 1. The Kier molecular flexibility index (Phi) is 17.1. The van der Waals surface area contributed by atoms with Crippen LogP contribution in [0.25, 0.3) is 0 Å². The molecule has 9 rings (SSSR count). The van der Waals surface area contributed by atoms with E-state index in [2.05, 4.69) is 205 Å². The van der Waals surface area contributed by atoms with Crippen LogP contribution in [0.1, 0.15) is 43.7 Å². The maximum absolute atomic E-state index is 3.92. The van der Waals surface area contributed by atoms with Gasteiger partial charge in [-0.15, -0.1) is 0 Å². The van der Waals surface area contributed by atoms with Crippen molar-refractivity contribution < 1.29 is 19.5 Å². The van der Waals surface area contributed by atoms with Gasteiger partial charge in [-0.25, -0.2) is 0 Å². The normalized spacial score (nSPS) is 13.6. The Labute approximate surface area is 332 Å². The fourth-order valence-corrected chi connectivity index (χ4v) is 10.7. The minimum absolute atomic E-state index is 0. The molecule has 0 bridgehead atoms. The van der Waals surface area contributed by atoms with Crippen LogP contribution in [0.3, 0.4) is 0 Å². The first-order valence-corrected chi connectivity index (χ1v) is 21.0. The molecule has 1 heterocycles. The fraction of sp³-hybridized carbons (Fsp3) is 0.122. The van der Waals surface area contributed by atoms with Gasteiger partial charge in [-0.05, 0) is 47.7 Å². The molecule has 0 spiro atoms. The van der Waals surface area contributed by atoms with Crippen molar-refractivity contribution in [1.29, 1.82) is 0 Å². The van der Waals surface area contributed by atoms with Crippen LogP contribution in [-0.4, -0.2) is 6.21 Å². The first-order valence-electron chi connectivity index (χ1n) is 18.3. The molecule has 7 aromatic carbocycles. The van der Waals surface area contributed by atoms with Crippen molar-refractivity contribution in [3.8, 4) is 0 Å². The van der Waals surface area contributed by atoms with Crippen molar-refractivity contribution in [2.24, 2.45) is 4.99 Å². The van der Waals surface area contributed by atoms with E-state index in [0.29, 0.717) is 0 Å². The first kappa shape index (κ1) is 39.9. The second-order valence-electron chi connectivity index (χ2n) is 12.5. The summed E-state index contributed by atoms with van der Waals surface area (Å²) in [5.74, 6) is 0. The first-order chi connectivity index (χ1) is 25.9. The molecule has 0 N–H and O–H groups in total. The molecule has 1 fully saturated rings. The summed E-state index contributed by atoms with van der Waals surface area (Å²) >= 11 is 0. The summed E-state index contributed by atoms with van der Waals surface area (Å²) in [7, 11) is -0.892. The molecule has 7 aromatic rings. The second kappa shape index (κ2) is 22.7. The van der Waals surface area contributed by atoms with E-state index in [1.807, 2.05) is 18.2 Å². The SMILES string of the molecule is C1CCCC1.[C-]1=NC1c1ccccc1.[Ru+2].c1ccc(P(c2ccccc2)c2ccccc2)cc1.c1ccc(P(c2ccccc2)c2ccccc2)cc1. The summed E-state index contributed by atoms with van der Waals surface area (Å²) in [4.78, 5) is 3.92. The van der Waals surface area contributed by atoms with Crippen LogP contribution in [0.5, 0.6) is 0 Å². The van der Waals surface area contributed by atoms with Gasteiger partial charge >= 0.3 is 19.5 Å². The number of hydrogen-bond donors (Lipinski definition) is 0. The molecule has 0 radical (unpaired) electrons. The predicted octanol–water partition coefficient (Wildman–Crippen LogP) is 10.5. The van der Waals surface area contributed by atoms with Gasteiger partial charge in [0, 0.05) is 0 Å². The van der Waals surface area contributed by atoms with Crippen LogP contribution in [0.2, 0.25) is 0 Å². The van der Waals surface area contributed by atoms with Crippen molar-refractivity contribution in [3.05, 3.63) is 218 Å². The summed E-state index contributed by atoms with van der Waals surface area (Å²) < 4.78 is 0. The van der Waals surface area contributed by atoms with Gasteiger partial charge in [0.15, 0.2) is 0 Å². The minimum Gasteiger partial charge on any atom is -0.521 e. The molecule has 264 valence electrons. The molecule has 0 amide bonds. The largest absolute Gasteiger partial charge is 2.00 e. The monoisotopic (exact) mass is 812 g/mol. The van der Waals surface area contributed by atoms with E-state index in [4.69, 9.17) is 0 Å². The van der Waals surface area contributed by atoms with Gasteiger partial charge in [0.05, 0.1) is 0 Å². The van der Waals surface area contributed by atoms with Gasteiger partial charge in [0.1, 0.15) is 0 Å². The molecular weight excluding hydrogens is 766 g/mol. The average Bonchev–Trinajstić information content (AvgIpc) is 3.91. The van der Waals surface area contributed by atoms with Gasteiger partial charge < -0.3 is 11.2 Å². The summed E-state index contributed by atoms with van der Waals surface area (Å²) in [5.41, 5.74) is 1.25. The van der Waals surface area contributed by atoms with Crippen molar-refractivity contribution in [1.82, 2.24) is 0 Å². The molecule has 1 atom stereocenters. The fourth-order valence-electron chi connectivity index (χ4n) is 6.06. The van der Waals surface area contributed by atoms with Gasteiger partial charge in [-0.2, -0.15) is 0 Å². The van der Waals surface area contributed by atoms with Gasteiger partial charge in [0.2, 0.25) is 0 Å². The van der Waals surface area contributed by atoms with E-state index in [0.717, 1.165) is 0 Å². The van der Waals surface area contributed by atoms with Crippen LogP contribution >= 0.6 is 15.8 Å². The Hall–Kier alpha value is -4.31. The second-order valence-corrected chi connectivity index (χ2v) is 17.0. The molecule has 1 nitrogen and oxygen atoms in total. The van der Waals surface area contributed by atoms with E-state index in [1.54, 1.807) is 0 Å². The summed E-state index contributed by atoms with van der Waals surface area (Å²) in [6.45, 7) is 0. The van der Waals surface area contributed by atoms with Crippen molar-refractivity contribution in [3.63, 3.8) is 0 Å². The molecule has 0 aromatic heterocycles. The molecule has 4 heteroatoms. The Morgan fingerprint density at radius 1 is 0.321 bits per heavy atom. The predicted molar refractivity (Wildman–Crippen MR) is 230 cm³/mol. The Morgan fingerprint density at radius 2 is 0.509 bits per heavy atom. The van der Waals surface area contributed by atoms with Crippen LogP contribution in [-0.2, 0) is 19.5 Å². The summed E-state index contributed by atoms with van der Waals surface area (Å²) in [5, 5.41) is 8.39. The van der Waals surface area contributed by atoms with Crippen molar-refractivity contribution >= 4 is 53.9 Å². The zero-order valence-corrected chi connectivity index (χ0v) is 33.5. The van der Waals surface area contributed by atoms with E-state index < -0.39 is 15.8 Å². The molecule has 2 aliphatic rings. The summed E-state index contributed by atoms with van der Waals surface area (Å²) in [6.07, 6.45) is 10.4. The average molecular weight is 812 g/mol.